The summed E-state index contributed by atoms with van der Waals surface area (Å²) in [5, 5.41) is 1.68. The molecule has 0 amide bonds. The minimum absolute atomic E-state index is 0.704. The van der Waals surface area contributed by atoms with Crippen LogP contribution in [0.25, 0.3) is 10.9 Å². The minimum atomic E-state index is 0.704. The van der Waals surface area contributed by atoms with Crippen molar-refractivity contribution in [3.8, 4) is 0 Å². The van der Waals surface area contributed by atoms with Crippen molar-refractivity contribution in [3.05, 3.63) is 23.2 Å². The lowest BCUT2D eigenvalue weighted by Crippen LogP contribution is -2.25. The molecule has 19 heavy (non-hydrogen) atoms. The van der Waals surface area contributed by atoms with Gasteiger partial charge in [-0.1, -0.05) is 11.6 Å². The van der Waals surface area contributed by atoms with Gasteiger partial charge >= 0.3 is 0 Å². The molecule has 2 rings (SSSR count). The fourth-order valence-corrected chi connectivity index (χ4v) is 2.23. The smallest absolute Gasteiger partial charge is 0.227 e. The predicted molar refractivity (Wildman–Crippen MR) is 82.4 cm³/mol. The Balaban J connectivity index is 2.67. The molecule has 0 N–H and O–H groups in total. The summed E-state index contributed by atoms with van der Waals surface area (Å²) in [5.74, 6) is 1.66. The van der Waals surface area contributed by atoms with Gasteiger partial charge in [0.1, 0.15) is 5.82 Å². The maximum atomic E-state index is 6.07. The number of rotatable bonds is 4. The quantitative estimate of drug-likeness (QED) is 0.860. The third kappa shape index (κ3) is 2.73. The number of benzene rings is 1. The molecule has 102 valence electrons. The molecule has 1 aromatic heterocycles. The Morgan fingerprint density at radius 3 is 2.37 bits per heavy atom. The molecule has 0 bridgehead atoms. The number of hydrogen-bond donors (Lipinski definition) is 0. The van der Waals surface area contributed by atoms with Gasteiger partial charge in [0, 0.05) is 37.6 Å². The number of anilines is 2. The van der Waals surface area contributed by atoms with Gasteiger partial charge in [-0.15, -0.1) is 0 Å². The topological polar surface area (TPSA) is 32.3 Å². The summed E-state index contributed by atoms with van der Waals surface area (Å²) in [6.45, 7) is 5.99. The second-order valence-electron chi connectivity index (χ2n) is 4.58. The molecule has 0 aliphatic rings. The van der Waals surface area contributed by atoms with Crippen molar-refractivity contribution >= 4 is 34.3 Å². The van der Waals surface area contributed by atoms with Gasteiger partial charge in [0.15, 0.2) is 0 Å². The SMILES string of the molecule is CCN(CC)c1nc(N(C)C)c2cc(Cl)ccc2n1. The van der Waals surface area contributed by atoms with Crippen LogP contribution < -0.4 is 9.80 Å². The van der Waals surface area contributed by atoms with Crippen molar-refractivity contribution in [2.75, 3.05) is 37.0 Å². The van der Waals surface area contributed by atoms with Crippen LogP contribution in [0.4, 0.5) is 11.8 Å². The molecule has 0 saturated carbocycles. The van der Waals surface area contributed by atoms with Crippen LogP contribution in [0.2, 0.25) is 5.02 Å². The van der Waals surface area contributed by atoms with Gasteiger partial charge in [-0.3, -0.25) is 0 Å². The Kier molecular flexibility index (Phi) is 4.10. The molecule has 0 aliphatic carbocycles. The fraction of sp³-hybridized carbons (Fsp3) is 0.429. The lowest BCUT2D eigenvalue weighted by Gasteiger charge is -2.22. The van der Waals surface area contributed by atoms with E-state index in [0.29, 0.717) is 5.02 Å². The summed E-state index contributed by atoms with van der Waals surface area (Å²) < 4.78 is 0. The molecule has 0 aliphatic heterocycles. The van der Waals surface area contributed by atoms with E-state index in [1.807, 2.05) is 37.2 Å². The van der Waals surface area contributed by atoms with E-state index in [1.165, 1.54) is 0 Å². The zero-order valence-corrected chi connectivity index (χ0v) is 12.6. The summed E-state index contributed by atoms with van der Waals surface area (Å²) in [6.07, 6.45) is 0. The lowest BCUT2D eigenvalue weighted by atomic mass is 10.2. The highest BCUT2D eigenvalue weighted by Crippen LogP contribution is 2.27. The molecule has 0 spiro atoms. The first-order valence-corrected chi connectivity index (χ1v) is 6.84. The second kappa shape index (κ2) is 5.61. The summed E-state index contributed by atoms with van der Waals surface area (Å²) in [4.78, 5) is 13.4. The summed E-state index contributed by atoms with van der Waals surface area (Å²) >= 11 is 6.07. The van der Waals surface area contributed by atoms with Gasteiger partial charge in [-0.2, -0.15) is 4.98 Å². The summed E-state index contributed by atoms with van der Waals surface area (Å²) in [6, 6.07) is 5.72. The van der Waals surface area contributed by atoms with Gasteiger partial charge < -0.3 is 9.80 Å². The van der Waals surface area contributed by atoms with E-state index in [0.717, 1.165) is 35.8 Å². The molecule has 1 heterocycles. The average molecular weight is 279 g/mol. The lowest BCUT2D eigenvalue weighted by molar-refractivity contribution is 0.823. The molecule has 2 aromatic rings. The van der Waals surface area contributed by atoms with E-state index in [-0.39, 0.29) is 0 Å². The molecule has 0 fully saturated rings. The number of fused-ring (bicyclic) bond motifs is 1. The number of nitrogens with zero attached hydrogens (tertiary/aromatic N) is 4. The highest BCUT2D eigenvalue weighted by atomic mass is 35.5. The monoisotopic (exact) mass is 278 g/mol. The maximum absolute atomic E-state index is 6.07. The normalized spacial score (nSPS) is 10.8. The van der Waals surface area contributed by atoms with Crippen molar-refractivity contribution in [1.29, 1.82) is 0 Å². The van der Waals surface area contributed by atoms with Gasteiger partial charge in [-0.05, 0) is 32.0 Å². The average Bonchev–Trinajstić information content (AvgIpc) is 2.39. The summed E-state index contributed by atoms with van der Waals surface area (Å²) in [5.41, 5.74) is 0.921. The Hall–Kier alpha value is -1.55. The van der Waals surface area contributed by atoms with Gasteiger partial charge in [0.2, 0.25) is 5.95 Å². The largest absolute Gasteiger partial charge is 0.362 e. The molecule has 1 aromatic carbocycles. The fourth-order valence-electron chi connectivity index (χ4n) is 2.06. The van der Waals surface area contributed by atoms with Gasteiger partial charge in [0.25, 0.3) is 0 Å². The van der Waals surface area contributed by atoms with Crippen molar-refractivity contribution in [3.63, 3.8) is 0 Å². The van der Waals surface area contributed by atoms with Crippen molar-refractivity contribution in [1.82, 2.24) is 9.97 Å². The molecule has 0 unspecified atom stereocenters. The second-order valence-corrected chi connectivity index (χ2v) is 5.01. The first kappa shape index (κ1) is 13.9. The minimum Gasteiger partial charge on any atom is -0.362 e. The van der Waals surface area contributed by atoms with E-state index in [1.54, 1.807) is 0 Å². The molecule has 5 heteroatoms. The highest BCUT2D eigenvalue weighted by molar-refractivity contribution is 6.31. The summed E-state index contributed by atoms with van der Waals surface area (Å²) in [7, 11) is 3.96. The maximum Gasteiger partial charge on any atom is 0.227 e. The molecular weight excluding hydrogens is 260 g/mol. The van der Waals surface area contributed by atoms with E-state index in [2.05, 4.69) is 28.7 Å². The van der Waals surface area contributed by atoms with Crippen LogP contribution in [0.3, 0.4) is 0 Å². The van der Waals surface area contributed by atoms with Crippen molar-refractivity contribution in [2.45, 2.75) is 13.8 Å². The van der Waals surface area contributed by atoms with Crippen LogP contribution in [0.5, 0.6) is 0 Å². The van der Waals surface area contributed by atoms with E-state index >= 15 is 0 Å². The van der Waals surface area contributed by atoms with Crippen LogP contribution in [0, 0.1) is 0 Å². The Labute approximate surface area is 119 Å². The van der Waals surface area contributed by atoms with E-state index in [9.17, 15) is 0 Å². The molecule has 4 nitrogen and oxygen atoms in total. The van der Waals surface area contributed by atoms with Gasteiger partial charge in [0.05, 0.1) is 5.52 Å². The molecule has 0 saturated heterocycles. The van der Waals surface area contributed by atoms with E-state index in [4.69, 9.17) is 11.6 Å². The van der Waals surface area contributed by atoms with Crippen LogP contribution in [-0.2, 0) is 0 Å². The first-order chi connectivity index (χ1) is 9.06. The predicted octanol–water partition coefficient (Wildman–Crippen LogP) is 3.20. The van der Waals surface area contributed by atoms with Crippen LogP contribution in [0.15, 0.2) is 18.2 Å². The number of hydrogen-bond acceptors (Lipinski definition) is 4. The molecule has 0 radical (unpaired) electrons. The number of halogens is 1. The van der Waals surface area contributed by atoms with Crippen LogP contribution in [-0.4, -0.2) is 37.2 Å². The first-order valence-electron chi connectivity index (χ1n) is 6.46. The highest BCUT2D eigenvalue weighted by Gasteiger charge is 2.13. The zero-order chi connectivity index (χ0) is 14.0. The zero-order valence-electron chi connectivity index (χ0n) is 11.8. The third-order valence-electron chi connectivity index (χ3n) is 3.10. The van der Waals surface area contributed by atoms with Crippen LogP contribution >= 0.6 is 11.6 Å². The molecular formula is C14H19ClN4. The van der Waals surface area contributed by atoms with Crippen LogP contribution in [0.1, 0.15) is 13.8 Å². The standard InChI is InChI=1S/C14H19ClN4/c1-5-19(6-2)14-16-12-8-7-10(15)9-11(12)13(17-14)18(3)4/h7-9H,5-6H2,1-4H3. The van der Waals surface area contributed by atoms with Crippen molar-refractivity contribution in [2.24, 2.45) is 0 Å². The van der Waals surface area contributed by atoms with E-state index < -0.39 is 0 Å². The molecule has 0 atom stereocenters. The third-order valence-corrected chi connectivity index (χ3v) is 3.33. The Bertz CT molecular complexity index is 579. The van der Waals surface area contributed by atoms with Gasteiger partial charge in [-0.25, -0.2) is 4.98 Å². The van der Waals surface area contributed by atoms with Crippen molar-refractivity contribution < 1.29 is 0 Å². The number of aromatic nitrogens is 2. The Morgan fingerprint density at radius 1 is 1.11 bits per heavy atom. The Morgan fingerprint density at radius 2 is 1.79 bits per heavy atom.